The second-order valence-electron chi connectivity index (χ2n) is 6.93. The van der Waals surface area contributed by atoms with Crippen molar-refractivity contribution in [3.8, 4) is 0 Å². The SMILES string of the molecule is CCCC1CNC(C)(C2CC2)CN1Cc1cncc(F)c1. The van der Waals surface area contributed by atoms with Gasteiger partial charge in [-0.25, -0.2) is 4.39 Å². The number of rotatable bonds is 5. The van der Waals surface area contributed by atoms with Gasteiger partial charge in [-0.1, -0.05) is 13.3 Å². The van der Waals surface area contributed by atoms with Crippen LogP contribution in [0, 0.1) is 11.7 Å². The quantitative estimate of drug-likeness (QED) is 0.904. The number of piperazine rings is 1. The first kappa shape index (κ1) is 14.9. The molecule has 0 amide bonds. The van der Waals surface area contributed by atoms with Crippen molar-refractivity contribution < 1.29 is 4.39 Å². The van der Waals surface area contributed by atoms with Crippen LogP contribution in [0.4, 0.5) is 4.39 Å². The molecule has 2 heterocycles. The van der Waals surface area contributed by atoms with E-state index in [1.807, 2.05) is 0 Å². The van der Waals surface area contributed by atoms with E-state index in [9.17, 15) is 4.39 Å². The van der Waals surface area contributed by atoms with Crippen molar-refractivity contribution >= 4 is 0 Å². The minimum absolute atomic E-state index is 0.227. The molecule has 0 bridgehead atoms. The highest BCUT2D eigenvalue weighted by Gasteiger charge is 2.45. The molecule has 1 saturated carbocycles. The summed E-state index contributed by atoms with van der Waals surface area (Å²) in [5, 5.41) is 3.79. The summed E-state index contributed by atoms with van der Waals surface area (Å²) in [6.07, 6.45) is 8.14. The van der Waals surface area contributed by atoms with Gasteiger partial charge in [0.2, 0.25) is 0 Å². The molecule has 2 unspecified atom stereocenters. The van der Waals surface area contributed by atoms with Gasteiger partial charge in [0.25, 0.3) is 0 Å². The summed E-state index contributed by atoms with van der Waals surface area (Å²) in [6, 6.07) is 2.16. The van der Waals surface area contributed by atoms with Gasteiger partial charge >= 0.3 is 0 Å². The molecular formula is C17H26FN3. The fraction of sp³-hybridized carbons (Fsp3) is 0.706. The molecule has 4 heteroatoms. The van der Waals surface area contributed by atoms with E-state index in [0.717, 1.165) is 31.1 Å². The summed E-state index contributed by atoms with van der Waals surface area (Å²) in [4.78, 5) is 6.52. The molecule has 1 aromatic rings. The van der Waals surface area contributed by atoms with Crippen molar-refractivity contribution in [1.29, 1.82) is 0 Å². The van der Waals surface area contributed by atoms with Crippen molar-refractivity contribution in [2.45, 2.75) is 57.7 Å². The lowest BCUT2D eigenvalue weighted by atomic mass is 9.89. The molecule has 0 spiro atoms. The van der Waals surface area contributed by atoms with E-state index in [0.29, 0.717) is 6.04 Å². The predicted molar refractivity (Wildman–Crippen MR) is 82.4 cm³/mol. The van der Waals surface area contributed by atoms with Gasteiger partial charge in [0.15, 0.2) is 0 Å². The maximum absolute atomic E-state index is 13.4. The number of pyridine rings is 1. The molecule has 1 N–H and O–H groups in total. The highest BCUT2D eigenvalue weighted by atomic mass is 19.1. The number of halogens is 1. The summed E-state index contributed by atoms with van der Waals surface area (Å²) < 4.78 is 13.4. The summed E-state index contributed by atoms with van der Waals surface area (Å²) in [5.41, 5.74) is 1.21. The number of nitrogens with zero attached hydrogens (tertiary/aromatic N) is 2. The van der Waals surface area contributed by atoms with Crippen LogP contribution in [0.15, 0.2) is 18.5 Å². The van der Waals surface area contributed by atoms with Crippen LogP contribution in [-0.4, -0.2) is 34.6 Å². The molecule has 0 aromatic carbocycles. The van der Waals surface area contributed by atoms with Crippen molar-refractivity contribution in [3.05, 3.63) is 29.8 Å². The topological polar surface area (TPSA) is 28.2 Å². The highest BCUT2D eigenvalue weighted by Crippen LogP contribution is 2.41. The van der Waals surface area contributed by atoms with Crippen LogP contribution >= 0.6 is 0 Å². The molecule has 116 valence electrons. The lowest BCUT2D eigenvalue weighted by Gasteiger charge is -2.47. The molecule has 3 nitrogen and oxygen atoms in total. The third-order valence-electron chi connectivity index (χ3n) is 5.04. The predicted octanol–water partition coefficient (Wildman–Crippen LogP) is 2.96. The Morgan fingerprint density at radius 3 is 2.90 bits per heavy atom. The Bertz CT molecular complexity index is 489. The lowest BCUT2D eigenvalue weighted by molar-refractivity contribution is 0.0637. The number of aromatic nitrogens is 1. The molecule has 1 aromatic heterocycles. The molecule has 1 aliphatic heterocycles. The van der Waals surface area contributed by atoms with Crippen LogP contribution in [0.5, 0.6) is 0 Å². The van der Waals surface area contributed by atoms with Gasteiger partial charge in [-0.05, 0) is 43.7 Å². The second kappa shape index (κ2) is 6.01. The van der Waals surface area contributed by atoms with Gasteiger partial charge in [0.1, 0.15) is 5.82 Å². The van der Waals surface area contributed by atoms with E-state index in [4.69, 9.17) is 0 Å². The third kappa shape index (κ3) is 3.43. The number of hydrogen-bond acceptors (Lipinski definition) is 3. The van der Waals surface area contributed by atoms with Gasteiger partial charge < -0.3 is 5.32 Å². The molecule has 2 aliphatic rings. The van der Waals surface area contributed by atoms with Crippen LogP contribution in [-0.2, 0) is 6.54 Å². The second-order valence-corrected chi connectivity index (χ2v) is 6.93. The largest absolute Gasteiger partial charge is 0.308 e. The van der Waals surface area contributed by atoms with E-state index < -0.39 is 0 Å². The molecule has 1 aliphatic carbocycles. The molecule has 3 rings (SSSR count). The molecular weight excluding hydrogens is 265 g/mol. The first-order chi connectivity index (χ1) is 10.1. The zero-order valence-corrected chi connectivity index (χ0v) is 13.1. The van der Waals surface area contributed by atoms with Crippen molar-refractivity contribution in [2.75, 3.05) is 13.1 Å². The average molecular weight is 291 g/mol. The smallest absolute Gasteiger partial charge is 0.141 e. The minimum Gasteiger partial charge on any atom is -0.308 e. The van der Waals surface area contributed by atoms with E-state index in [2.05, 4.69) is 29.0 Å². The molecule has 21 heavy (non-hydrogen) atoms. The Balaban J connectivity index is 1.73. The van der Waals surface area contributed by atoms with Gasteiger partial charge in [0.05, 0.1) is 6.20 Å². The first-order valence-electron chi connectivity index (χ1n) is 8.19. The van der Waals surface area contributed by atoms with Gasteiger partial charge in [-0.3, -0.25) is 9.88 Å². The van der Waals surface area contributed by atoms with Crippen molar-refractivity contribution in [2.24, 2.45) is 5.92 Å². The zero-order valence-electron chi connectivity index (χ0n) is 13.1. The number of nitrogens with one attached hydrogen (secondary N) is 1. The Labute approximate surface area is 126 Å². The first-order valence-corrected chi connectivity index (χ1v) is 8.19. The fourth-order valence-electron chi connectivity index (χ4n) is 3.66. The van der Waals surface area contributed by atoms with E-state index >= 15 is 0 Å². The Morgan fingerprint density at radius 2 is 2.24 bits per heavy atom. The van der Waals surface area contributed by atoms with E-state index in [-0.39, 0.29) is 11.4 Å². The third-order valence-corrected chi connectivity index (χ3v) is 5.04. The molecule has 0 radical (unpaired) electrons. The maximum Gasteiger partial charge on any atom is 0.141 e. The van der Waals surface area contributed by atoms with Crippen LogP contribution in [0.25, 0.3) is 0 Å². The van der Waals surface area contributed by atoms with E-state index in [1.165, 1.54) is 31.9 Å². The maximum atomic E-state index is 13.4. The van der Waals surface area contributed by atoms with Gasteiger partial charge in [-0.2, -0.15) is 0 Å². The Hall–Kier alpha value is -1.00. The van der Waals surface area contributed by atoms with Crippen LogP contribution in [0.2, 0.25) is 0 Å². The van der Waals surface area contributed by atoms with Crippen LogP contribution < -0.4 is 5.32 Å². The van der Waals surface area contributed by atoms with E-state index in [1.54, 1.807) is 12.3 Å². The summed E-state index contributed by atoms with van der Waals surface area (Å²) in [7, 11) is 0. The van der Waals surface area contributed by atoms with Crippen LogP contribution in [0.1, 0.15) is 45.1 Å². The summed E-state index contributed by atoms with van der Waals surface area (Å²) in [6.45, 7) is 7.49. The fourth-order valence-corrected chi connectivity index (χ4v) is 3.66. The Morgan fingerprint density at radius 1 is 1.43 bits per heavy atom. The lowest BCUT2D eigenvalue weighted by Crippen LogP contribution is -2.63. The summed E-state index contributed by atoms with van der Waals surface area (Å²) >= 11 is 0. The normalized spacial score (nSPS) is 30.5. The average Bonchev–Trinajstić information content (AvgIpc) is 3.27. The minimum atomic E-state index is -0.236. The van der Waals surface area contributed by atoms with Crippen molar-refractivity contribution in [1.82, 2.24) is 15.2 Å². The zero-order chi connectivity index (χ0) is 14.9. The highest BCUT2D eigenvalue weighted by molar-refractivity contribution is 5.12. The summed E-state index contributed by atoms with van der Waals surface area (Å²) in [5.74, 6) is 0.577. The van der Waals surface area contributed by atoms with Crippen molar-refractivity contribution in [3.63, 3.8) is 0 Å². The molecule has 1 saturated heterocycles. The van der Waals surface area contributed by atoms with Crippen LogP contribution in [0.3, 0.4) is 0 Å². The molecule has 2 atom stereocenters. The van der Waals surface area contributed by atoms with Gasteiger partial charge in [0, 0.05) is 37.4 Å². The molecule has 2 fully saturated rings. The Kier molecular flexibility index (Phi) is 4.27. The monoisotopic (exact) mass is 291 g/mol. The number of hydrogen-bond donors (Lipinski definition) is 1. The standard InChI is InChI=1S/C17H26FN3/c1-3-4-16-10-20-17(2,14-5-6-14)12-21(16)11-13-7-15(18)9-19-8-13/h7-9,14,16,20H,3-6,10-12H2,1-2H3. The van der Waals surface area contributed by atoms with Gasteiger partial charge in [-0.15, -0.1) is 0 Å².